The van der Waals surface area contributed by atoms with Crippen LogP contribution in [0.4, 0.5) is 5.82 Å². The number of aryl methyl sites for hydroxylation is 2. The third-order valence-corrected chi connectivity index (χ3v) is 6.16. The molecule has 4 aromatic rings. The summed E-state index contributed by atoms with van der Waals surface area (Å²) in [7, 11) is -3.32. The summed E-state index contributed by atoms with van der Waals surface area (Å²) in [6, 6.07) is 14.8. The topological polar surface area (TPSA) is 89.8 Å². The van der Waals surface area contributed by atoms with Crippen molar-refractivity contribution >= 4 is 26.8 Å². The Labute approximate surface area is 175 Å². The Hall–Kier alpha value is -3.26. The molecule has 2 aromatic heterocycles. The lowest BCUT2D eigenvalue weighted by Gasteiger charge is -2.21. The molecular formula is C22H23N5O2S. The van der Waals surface area contributed by atoms with Crippen LogP contribution in [0.1, 0.15) is 29.7 Å². The fourth-order valence-corrected chi connectivity index (χ4v) is 4.07. The molecule has 30 heavy (non-hydrogen) atoms. The molecule has 2 heterocycles. The van der Waals surface area contributed by atoms with E-state index >= 15 is 0 Å². The van der Waals surface area contributed by atoms with Gasteiger partial charge >= 0.3 is 0 Å². The maximum absolute atomic E-state index is 12.1. The number of nitrogens with zero attached hydrogens (tertiary/aromatic N) is 4. The van der Waals surface area contributed by atoms with Crippen LogP contribution in [0.5, 0.6) is 0 Å². The minimum absolute atomic E-state index is 0.280. The van der Waals surface area contributed by atoms with Gasteiger partial charge in [-0.3, -0.25) is 0 Å². The quantitative estimate of drug-likeness (QED) is 0.510. The third-order valence-electron chi connectivity index (χ3n) is 5.05. The van der Waals surface area contributed by atoms with Crippen LogP contribution in [0.25, 0.3) is 11.2 Å². The Balaban J connectivity index is 1.83. The van der Waals surface area contributed by atoms with Crippen LogP contribution in [0, 0.1) is 6.92 Å². The largest absolute Gasteiger partial charge is 0.357 e. The standard InChI is InChI=1S/C22H23N5O2S/c1-4-27-14-25-20-21(23-13-24-22(20)27)26-19(16-10-8-15(2)9-11-16)17-6-5-7-18(12-17)30(3,28)29/h5-14,19H,4H2,1-3H3,(H,23,24,26). The number of hydrogen-bond acceptors (Lipinski definition) is 6. The molecule has 0 spiro atoms. The normalized spacial score (nSPS) is 12.8. The van der Waals surface area contributed by atoms with Crippen molar-refractivity contribution in [2.75, 3.05) is 11.6 Å². The summed E-state index contributed by atoms with van der Waals surface area (Å²) in [5.74, 6) is 0.600. The first kappa shape index (κ1) is 20.0. The molecule has 7 nitrogen and oxygen atoms in total. The minimum atomic E-state index is -3.32. The van der Waals surface area contributed by atoms with Crippen molar-refractivity contribution in [2.45, 2.75) is 31.3 Å². The van der Waals surface area contributed by atoms with E-state index in [0.717, 1.165) is 28.9 Å². The lowest BCUT2D eigenvalue weighted by molar-refractivity contribution is 0.601. The van der Waals surface area contributed by atoms with Crippen LogP contribution >= 0.6 is 0 Å². The second-order valence-electron chi connectivity index (χ2n) is 7.26. The Morgan fingerprint density at radius 2 is 1.80 bits per heavy atom. The van der Waals surface area contributed by atoms with Gasteiger partial charge in [0.1, 0.15) is 11.8 Å². The SMILES string of the molecule is CCn1cnc2c(NC(c3ccc(C)cc3)c3cccc(S(C)(=O)=O)c3)ncnc21. The monoisotopic (exact) mass is 421 g/mol. The average Bonchev–Trinajstić information content (AvgIpc) is 3.16. The Morgan fingerprint density at radius 1 is 1.03 bits per heavy atom. The zero-order valence-electron chi connectivity index (χ0n) is 17.1. The van der Waals surface area contributed by atoms with Gasteiger partial charge in [0.05, 0.1) is 17.3 Å². The fourth-order valence-electron chi connectivity index (χ4n) is 3.40. The van der Waals surface area contributed by atoms with E-state index in [1.54, 1.807) is 24.5 Å². The summed E-state index contributed by atoms with van der Waals surface area (Å²) in [5, 5.41) is 3.47. The molecule has 0 saturated heterocycles. The highest BCUT2D eigenvalue weighted by Crippen LogP contribution is 2.30. The average molecular weight is 422 g/mol. The molecule has 0 aliphatic carbocycles. The molecule has 1 atom stereocenters. The molecule has 0 fully saturated rings. The summed E-state index contributed by atoms with van der Waals surface area (Å²) in [5.41, 5.74) is 4.39. The summed E-state index contributed by atoms with van der Waals surface area (Å²) in [6.45, 7) is 4.81. The predicted octanol–water partition coefficient (Wildman–Crippen LogP) is 3.76. The first-order valence-corrected chi connectivity index (χ1v) is 11.5. The molecular weight excluding hydrogens is 398 g/mol. The molecule has 4 rings (SSSR count). The number of rotatable bonds is 6. The van der Waals surface area contributed by atoms with Crippen molar-refractivity contribution in [1.29, 1.82) is 0 Å². The van der Waals surface area contributed by atoms with Crippen LogP contribution in [0.3, 0.4) is 0 Å². The molecule has 1 N–H and O–H groups in total. The second kappa shape index (κ2) is 7.87. The molecule has 154 valence electrons. The van der Waals surface area contributed by atoms with Gasteiger partial charge in [-0.2, -0.15) is 0 Å². The molecule has 0 saturated carbocycles. The van der Waals surface area contributed by atoms with E-state index in [1.807, 2.05) is 48.7 Å². The lowest BCUT2D eigenvalue weighted by Crippen LogP contribution is -2.14. The number of sulfone groups is 1. The van der Waals surface area contributed by atoms with Crippen molar-refractivity contribution in [2.24, 2.45) is 0 Å². The van der Waals surface area contributed by atoms with E-state index in [9.17, 15) is 8.42 Å². The lowest BCUT2D eigenvalue weighted by atomic mass is 9.98. The molecule has 2 aromatic carbocycles. The van der Waals surface area contributed by atoms with E-state index in [1.165, 1.54) is 12.6 Å². The Morgan fingerprint density at radius 3 is 2.50 bits per heavy atom. The number of imidazole rings is 1. The molecule has 0 aliphatic rings. The van der Waals surface area contributed by atoms with Crippen LogP contribution in [-0.4, -0.2) is 34.2 Å². The van der Waals surface area contributed by atoms with E-state index < -0.39 is 9.84 Å². The highest BCUT2D eigenvalue weighted by molar-refractivity contribution is 7.90. The van der Waals surface area contributed by atoms with E-state index in [-0.39, 0.29) is 10.9 Å². The van der Waals surface area contributed by atoms with Crippen molar-refractivity contribution in [3.05, 3.63) is 77.9 Å². The summed E-state index contributed by atoms with van der Waals surface area (Å²) in [4.78, 5) is 13.5. The number of hydrogen-bond donors (Lipinski definition) is 1. The van der Waals surface area contributed by atoms with Gasteiger partial charge in [-0.05, 0) is 37.1 Å². The number of anilines is 1. The number of benzene rings is 2. The van der Waals surface area contributed by atoms with E-state index in [4.69, 9.17) is 0 Å². The smallest absolute Gasteiger partial charge is 0.175 e. The van der Waals surface area contributed by atoms with Gasteiger partial charge < -0.3 is 9.88 Å². The highest BCUT2D eigenvalue weighted by atomic mass is 32.2. The molecule has 0 aliphatic heterocycles. The zero-order valence-corrected chi connectivity index (χ0v) is 17.9. The van der Waals surface area contributed by atoms with E-state index in [0.29, 0.717) is 11.3 Å². The fraction of sp³-hybridized carbons (Fsp3) is 0.227. The molecule has 0 bridgehead atoms. The summed E-state index contributed by atoms with van der Waals surface area (Å²) >= 11 is 0. The Kier molecular flexibility index (Phi) is 5.26. The van der Waals surface area contributed by atoms with Crippen molar-refractivity contribution < 1.29 is 8.42 Å². The van der Waals surface area contributed by atoms with Crippen molar-refractivity contribution in [1.82, 2.24) is 19.5 Å². The molecule has 1 unspecified atom stereocenters. The number of aromatic nitrogens is 4. The first-order chi connectivity index (χ1) is 14.4. The van der Waals surface area contributed by atoms with Crippen LogP contribution < -0.4 is 5.32 Å². The van der Waals surface area contributed by atoms with Gasteiger partial charge in [0.15, 0.2) is 21.3 Å². The Bertz CT molecular complexity index is 1300. The summed E-state index contributed by atoms with van der Waals surface area (Å²) in [6.07, 6.45) is 4.47. The number of fused-ring (bicyclic) bond motifs is 1. The second-order valence-corrected chi connectivity index (χ2v) is 9.27. The van der Waals surface area contributed by atoms with Crippen molar-refractivity contribution in [3.63, 3.8) is 0 Å². The van der Waals surface area contributed by atoms with Crippen molar-refractivity contribution in [3.8, 4) is 0 Å². The van der Waals surface area contributed by atoms with Gasteiger partial charge in [0, 0.05) is 12.8 Å². The molecule has 0 radical (unpaired) electrons. The maximum Gasteiger partial charge on any atom is 0.175 e. The van der Waals surface area contributed by atoms with Gasteiger partial charge in [-0.15, -0.1) is 0 Å². The number of nitrogens with one attached hydrogen (secondary N) is 1. The highest BCUT2D eigenvalue weighted by Gasteiger charge is 2.19. The van der Waals surface area contributed by atoms with E-state index in [2.05, 4.69) is 20.3 Å². The molecule has 8 heteroatoms. The van der Waals surface area contributed by atoms with Gasteiger partial charge in [0.2, 0.25) is 0 Å². The van der Waals surface area contributed by atoms with Gasteiger partial charge in [-0.1, -0.05) is 42.0 Å². The maximum atomic E-state index is 12.1. The first-order valence-electron chi connectivity index (χ1n) is 9.66. The van der Waals surface area contributed by atoms with Crippen LogP contribution in [-0.2, 0) is 16.4 Å². The van der Waals surface area contributed by atoms with Gasteiger partial charge in [0.25, 0.3) is 0 Å². The minimum Gasteiger partial charge on any atom is -0.357 e. The molecule has 0 amide bonds. The third kappa shape index (κ3) is 3.91. The predicted molar refractivity (Wildman–Crippen MR) is 117 cm³/mol. The van der Waals surface area contributed by atoms with Crippen LogP contribution in [0.15, 0.2) is 66.1 Å². The summed E-state index contributed by atoms with van der Waals surface area (Å²) < 4.78 is 26.2. The van der Waals surface area contributed by atoms with Crippen LogP contribution in [0.2, 0.25) is 0 Å². The zero-order chi connectivity index (χ0) is 21.3. The van der Waals surface area contributed by atoms with Gasteiger partial charge in [-0.25, -0.2) is 23.4 Å².